The van der Waals surface area contributed by atoms with E-state index in [0.717, 1.165) is 0 Å². The highest BCUT2D eigenvalue weighted by Crippen LogP contribution is 1.91. The number of hydrogen-bond acceptors (Lipinski definition) is 6. The van der Waals surface area contributed by atoms with Gasteiger partial charge in [-0.3, -0.25) is 9.59 Å². The third-order valence-electron chi connectivity index (χ3n) is 1.24. The van der Waals surface area contributed by atoms with Gasteiger partial charge in [0.25, 0.3) is 0 Å². The number of Topliss-reactive ketones (excluding diaryl/α,β-unsaturated/α-hetero) is 2. The smallest absolute Gasteiger partial charge is 0.231 e. The molecule has 0 aromatic carbocycles. The second kappa shape index (κ2) is 4.94. The Morgan fingerprint density at radius 3 is 1.92 bits per heavy atom. The molecule has 0 fully saturated rings. The SMILES string of the molecule is NC[C@@H](O)C(=O)C(=O)[C@H](O)CO. The van der Waals surface area contributed by atoms with Crippen molar-refractivity contribution < 1.29 is 24.9 Å². The lowest BCUT2D eigenvalue weighted by Gasteiger charge is -2.07. The molecule has 0 aliphatic rings. The highest BCUT2D eigenvalue weighted by Gasteiger charge is 2.27. The van der Waals surface area contributed by atoms with Crippen molar-refractivity contribution in [3.8, 4) is 0 Å². The van der Waals surface area contributed by atoms with Crippen molar-refractivity contribution in [1.82, 2.24) is 0 Å². The largest absolute Gasteiger partial charge is 0.393 e. The second-order valence-electron chi connectivity index (χ2n) is 2.18. The quantitative estimate of drug-likeness (QED) is 0.328. The van der Waals surface area contributed by atoms with Crippen molar-refractivity contribution in [2.75, 3.05) is 13.2 Å². The van der Waals surface area contributed by atoms with Crippen LogP contribution in [0, 0.1) is 0 Å². The third kappa shape index (κ3) is 2.67. The first-order valence-electron chi connectivity index (χ1n) is 3.29. The number of aliphatic hydroxyl groups excluding tert-OH is 3. The van der Waals surface area contributed by atoms with Crippen LogP contribution in [0.5, 0.6) is 0 Å². The molecular weight excluding hydrogens is 166 g/mol. The summed E-state index contributed by atoms with van der Waals surface area (Å²) in [6, 6.07) is 0. The van der Waals surface area contributed by atoms with Gasteiger partial charge in [-0.25, -0.2) is 0 Å². The molecule has 0 spiro atoms. The molecule has 70 valence electrons. The summed E-state index contributed by atoms with van der Waals surface area (Å²) in [5, 5.41) is 25.7. The van der Waals surface area contributed by atoms with Crippen molar-refractivity contribution in [3.05, 3.63) is 0 Å². The molecule has 0 aromatic rings. The van der Waals surface area contributed by atoms with Crippen LogP contribution in [-0.4, -0.2) is 52.2 Å². The summed E-state index contributed by atoms with van der Waals surface area (Å²) >= 11 is 0. The molecule has 0 aromatic heterocycles. The lowest BCUT2D eigenvalue weighted by Crippen LogP contribution is -2.41. The molecule has 0 amide bonds. The Balaban J connectivity index is 4.19. The fourth-order valence-corrected chi connectivity index (χ4v) is 0.518. The van der Waals surface area contributed by atoms with Crippen LogP contribution in [0.15, 0.2) is 0 Å². The predicted octanol–water partition coefficient (Wildman–Crippen LogP) is -3.20. The van der Waals surface area contributed by atoms with E-state index >= 15 is 0 Å². The molecule has 6 nitrogen and oxygen atoms in total. The van der Waals surface area contributed by atoms with E-state index in [0.29, 0.717) is 0 Å². The van der Waals surface area contributed by atoms with Gasteiger partial charge >= 0.3 is 0 Å². The van der Waals surface area contributed by atoms with Gasteiger partial charge in [0.05, 0.1) is 6.61 Å². The molecule has 0 rings (SSSR count). The van der Waals surface area contributed by atoms with Crippen LogP contribution in [0.1, 0.15) is 0 Å². The Morgan fingerprint density at radius 1 is 1.17 bits per heavy atom. The highest BCUT2D eigenvalue weighted by molar-refractivity contribution is 6.40. The average Bonchev–Trinajstić information content (AvgIpc) is 2.12. The van der Waals surface area contributed by atoms with E-state index in [2.05, 4.69) is 0 Å². The van der Waals surface area contributed by atoms with E-state index in [-0.39, 0.29) is 6.54 Å². The van der Waals surface area contributed by atoms with Gasteiger partial charge in [0.2, 0.25) is 11.6 Å². The van der Waals surface area contributed by atoms with Crippen molar-refractivity contribution >= 4 is 11.6 Å². The molecular formula is C6H11NO5. The Bertz CT molecular complexity index is 161. The summed E-state index contributed by atoms with van der Waals surface area (Å²) in [5.41, 5.74) is 4.89. The van der Waals surface area contributed by atoms with Gasteiger partial charge < -0.3 is 21.1 Å². The zero-order valence-electron chi connectivity index (χ0n) is 6.30. The number of aliphatic hydroxyl groups is 3. The lowest BCUT2D eigenvalue weighted by atomic mass is 10.1. The average molecular weight is 177 g/mol. The molecule has 0 aliphatic heterocycles. The van der Waals surface area contributed by atoms with Gasteiger partial charge in [0.1, 0.15) is 12.2 Å². The van der Waals surface area contributed by atoms with Crippen LogP contribution in [0.25, 0.3) is 0 Å². The summed E-state index contributed by atoms with van der Waals surface area (Å²) in [7, 11) is 0. The number of rotatable bonds is 5. The first-order valence-corrected chi connectivity index (χ1v) is 3.29. The number of carbonyl (C=O) groups excluding carboxylic acids is 2. The number of carbonyl (C=O) groups is 2. The van der Waals surface area contributed by atoms with Gasteiger partial charge in [0, 0.05) is 6.54 Å². The lowest BCUT2D eigenvalue weighted by molar-refractivity contribution is -0.146. The summed E-state index contributed by atoms with van der Waals surface area (Å²) in [4.78, 5) is 21.4. The van der Waals surface area contributed by atoms with Gasteiger partial charge in [-0.2, -0.15) is 0 Å². The first-order chi connectivity index (χ1) is 5.54. The fourth-order valence-electron chi connectivity index (χ4n) is 0.518. The highest BCUT2D eigenvalue weighted by atomic mass is 16.3. The maximum Gasteiger partial charge on any atom is 0.231 e. The van der Waals surface area contributed by atoms with Crippen LogP contribution in [0.3, 0.4) is 0 Å². The van der Waals surface area contributed by atoms with Crippen molar-refractivity contribution in [1.29, 1.82) is 0 Å². The molecule has 0 saturated heterocycles. The molecule has 2 atom stereocenters. The van der Waals surface area contributed by atoms with E-state index in [1.54, 1.807) is 0 Å². The normalized spacial score (nSPS) is 15.3. The Kier molecular flexibility index (Phi) is 4.60. The Hall–Kier alpha value is -0.820. The molecule has 0 saturated carbocycles. The zero-order valence-corrected chi connectivity index (χ0v) is 6.30. The fraction of sp³-hybridized carbons (Fsp3) is 0.667. The maximum atomic E-state index is 10.7. The number of hydrogen-bond donors (Lipinski definition) is 4. The van der Waals surface area contributed by atoms with Gasteiger partial charge in [-0.15, -0.1) is 0 Å². The molecule has 0 bridgehead atoms. The first kappa shape index (κ1) is 11.2. The van der Waals surface area contributed by atoms with Crippen molar-refractivity contribution in [2.24, 2.45) is 5.73 Å². The van der Waals surface area contributed by atoms with Gasteiger partial charge in [0.15, 0.2) is 0 Å². The van der Waals surface area contributed by atoms with E-state index in [1.165, 1.54) is 0 Å². The summed E-state index contributed by atoms with van der Waals surface area (Å²) in [5.74, 6) is -2.41. The monoisotopic (exact) mass is 177 g/mol. The van der Waals surface area contributed by atoms with Crippen LogP contribution < -0.4 is 5.73 Å². The number of ketones is 2. The maximum absolute atomic E-state index is 10.7. The van der Waals surface area contributed by atoms with Crippen molar-refractivity contribution in [2.45, 2.75) is 12.2 Å². The minimum absolute atomic E-state index is 0.386. The van der Waals surface area contributed by atoms with Gasteiger partial charge in [-0.1, -0.05) is 0 Å². The predicted molar refractivity (Wildman–Crippen MR) is 38.2 cm³/mol. The molecule has 0 unspecified atom stereocenters. The minimum atomic E-state index is -1.77. The Labute approximate surface area is 68.6 Å². The zero-order chi connectivity index (χ0) is 9.72. The van der Waals surface area contributed by atoms with E-state index in [1.807, 2.05) is 0 Å². The summed E-state index contributed by atoms with van der Waals surface area (Å²) in [6.07, 6.45) is -3.36. The van der Waals surface area contributed by atoms with E-state index in [9.17, 15) is 9.59 Å². The van der Waals surface area contributed by atoms with E-state index in [4.69, 9.17) is 21.1 Å². The molecule has 0 heterocycles. The molecule has 12 heavy (non-hydrogen) atoms. The summed E-state index contributed by atoms with van der Waals surface area (Å²) in [6.45, 7) is -1.23. The van der Waals surface area contributed by atoms with Crippen molar-refractivity contribution in [3.63, 3.8) is 0 Å². The van der Waals surface area contributed by atoms with E-state index < -0.39 is 30.4 Å². The van der Waals surface area contributed by atoms with Gasteiger partial charge in [-0.05, 0) is 0 Å². The second-order valence-corrected chi connectivity index (χ2v) is 2.18. The molecule has 0 aliphatic carbocycles. The van der Waals surface area contributed by atoms with Crippen LogP contribution in [0.4, 0.5) is 0 Å². The molecule has 0 radical (unpaired) electrons. The minimum Gasteiger partial charge on any atom is -0.393 e. The molecule has 5 N–H and O–H groups in total. The van der Waals surface area contributed by atoms with Crippen LogP contribution >= 0.6 is 0 Å². The third-order valence-corrected chi connectivity index (χ3v) is 1.24. The number of nitrogens with two attached hydrogens (primary N) is 1. The Morgan fingerprint density at radius 2 is 1.58 bits per heavy atom. The summed E-state index contributed by atoms with van der Waals surface area (Å²) < 4.78 is 0. The molecule has 6 heteroatoms. The van der Waals surface area contributed by atoms with Crippen LogP contribution in [0.2, 0.25) is 0 Å². The topological polar surface area (TPSA) is 121 Å². The van der Waals surface area contributed by atoms with Crippen LogP contribution in [-0.2, 0) is 9.59 Å². The standard InChI is InChI=1S/C6H11NO5/c7-1-3(9)5(11)6(12)4(10)2-8/h3-4,8-10H,1-2,7H2/t3-,4-/m1/s1.